The summed E-state index contributed by atoms with van der Waals surface area (Å²) in [6.45, 7) is 5.89. The van der Waals surface area contributed by atoms with E-state index in [4.69, 9.17) is 4.74 Å². The molecule has 0 spiro atoms. The molecule has 0 unspecified atom stereocenters. The first-order valence-electron chi connectivity index (χ1n) is 5.88. The molecule has 0 atom stereocenters. The van der Waals surface area contributed by atoms with Gasteiger partial charge in [-0.3, -0.25) is 9.59 Å². The summed E-state index contributed by atoms with van der Waals surface area (Å²) in [5.41, 5.74) is 1.24. The molecule has 1 aliphatic rings. The molecular weight excluding hydrogens is 230 g/mol. The van der Waals surface area contributed by atoms with Crippen molar-refractivity contribution in [2.75, 3.05) is 18.1 Å². The Kier molecular flexibility index (Phi) is 3.46. The number of carbonyl (C=O) groups excluding carboxylic acids is 2. The summed E-state index contributed by atoms with van der Waals surface area (Å²) in [6.07, 6.45) is 2.09. The number of amides is 1. The number of hydrogen-bond donors (Lipinski definition) is 0. The average Bonchev–Trinajstić information content (AvgIpc) is 2.40. The van der Waals surface area contributed by atoms with Gasteiger partial charge in [0, 0.05) is 18.5 Å². The fraction of sp³-hybridized carbons (Fsp3) is 0.286. The highest BCUT2D eigenvalue weighted by molar-refractivity contribution is 6.01. The largest absolute Gasteiger partial charge is 0.482 e. The number of benzene rings is 1. The summed E-state index contributed by atoms with van der Waals surface area (Å²) in [5, 5.41) is 0. The number of rotatable bonds is 4. The minimum Gasteiger partial charge on any atom is -0.482 e. The Bertz CT molecular complexity index is 508. The van der Waals surface area contributed by atoms with Crippen molar-refractivity contribution in [3.63, 3.8) is 0 Å². The fourth-order valence-corrected chi connectivity index (χ4v) is 1.91. The van der Waals surface area contributed by atoms with Crippen LogP contribution in [0.3, 0.4) is 0 Å². The predicted molar refractivity (Wildman–Crippen MR) is 69.1 cm³/mol. The van der Waals surface area contributed by atoms with Crippen LogP contribution in [0.1, 0.15) is 23.7 Å². The molecule has 0 saturated heterocycles. The van der Waals surface area contributed by atoms with Gasteiger partial charge in [-0.2, -0.15) is 0 Å². The maximum absolute atomic E-state index is 11.8. The minimum atomic E-state index is -0.122. The van der Waals surface area contributed by atoms with Crippen LogP contribution < -0.4 is 9.64 Å². The molecule has 0 saturated carbocycles. The standard InChI is InChI=1S/C14H15NO3/c1-3-7-15-11-8-10(12(16)4-2)5-6-13(11)18-9-14(15)17/h3,5-6,8H,1,4,7,9H2,2H3. The maximum Gasteiger partial charge on any atom is 0.265 e. The van der Waals surface area contributed by atoms with Crippen LogP contribution in [0.5, 0.6) is 5.75 Å². The zero-order valence-corrected chi connectivity index (χ0v) is 10.3. The van der Waals surface area contributed by atoms with E-state index >= 15 is 0 Å². The van der Waals surface area contributed by atoms with Gasteiger partial charge in [-0.1, -0.05) is 13.0 Å². The van der Waals surface area contributed by atoms with E-state index in [-0.39, 0.29) is 18.3 Å². The lowest BCUT2D eigenvalue weighted by molar-refractivity contribution is -0.121. The van der Waals surface area contributed by atoms with Gasteiger partial charge in [-0.15, -0.1) is 6.58 Å². The van der Waals surface area contributed by atoms with Gasteiger partial charge in [0.1, 0.15) is 5.75 Å². The second-order valence-corrected chi connectivity index (χ2v) is 4.04. The number of ketones is 1. The molecule has 1 amide bonds. The van der Waals surface area contributed by atoms with Crippen LogP contribution in [0.2, 0.25) is 0 Å². The zero-order chi connectivity index (χ0) is 13.1. The number of ether oxygens (including phenoxy) is 1. The van der Waals surface area contributed by atoms with Crippen molar-refractivity contribution >= 4 is 17.4 Å². The molecule has 0 fully saturated rings. The third kappa shape index (κ3) is 2.14. The number of Topliss-reactive ketones (excluding diaryl/α,β-unsaturated/α-hetero) is 1. The molecule has 1 aromatic rings. The van der Waals surface area contributed by atoms with Crippen molar-refractivity contribution in [1.82, 2.24) is 0 Å². The van der Waals surface area contributed by atoms with Gasteiger partial charge in [0.05, 0.1) is 5.69 Å². The Labute approximate surface area is 106 Å². The van der Waals surface area contributed by atoms with Gasteiger partial charge in [0.2, 0.25) is 0 Å². The molecule has 0 radical (unpaired) electrons. The summed E-state index contributed by atoms with van der Waals surface area (Å²) < 4.78 is 5.34. The SMILES string of the molecule is C=CCN1C(=O)COc2ccc(C(=O)CC)cc21. The highest BCUT2D eigenvalue weighted by Gasteiger charge is 2.25. The molecule has 0 bridgehead atoms. The molecule has 94 valence electrons. The molecule has 2 rings (SSSR count). The van der Waals surface area contributed by atoms with Gasteiger partial charge in [0.25, 0.3) is 5.91 Å². The van der Waals surface area contributed by atoms with E-state index < -0.39 is 0 Å². The molecule has 0 aliphatic carbocycles. The number of anilines is 1. The summed E-state index contributed by atoms with van der Waals surface area (Å²) in [5.74, 6) is 0.557. The molecule has 4 nitrogen and oxygen atoms in total. The van der Waals surface area contributed by atoms with Gasteiger partial charge >= 0.3 is 0 Å². The lowest BCUT2D eigenvalue weighted by Gasteiger charge is -2.28. The van der Waals surface area contributed by atoms with E-state index in [0.29, 0.717) is 30.0 Å². The van der Waals surface area contributed by atoms with E-state index in [1.165, 1.54) is 0 Å². The number of hydrogen-bond acceptors (Lipinski definition) is 3. The molecular formula is C14H15NO3. The Morgan fingerprint density at radius 2 is 2.33 bits per heavy atom. The van der Waals surface area contributed by atoms with Gasteiger partial charge in [-0.05, 0) is 18.2 Å². The lowest BCUT2D eigenvalue weighted by Crippen LogP contribution is -2.38. The molecule has 1 aromatic carbocycles. The van der Waals surface area contributed by atoms with Crippen LogP contribution in [0.15, 0.2) is 30.9 Å². The second-order valence-electron chi connectivity index (χ2n) is 4.04. The monoisotopic (exact) mass is 245 g/mol. The smallest absolute Gasteiger partial charge is 0.265 e. The second kappa shape index (κ2) is 5.04. The van der Waals surface area contributed by atoms with E-state index in [1.807, 2.05) is 6.92 Å². The van der Waals surface area contributed by atoms with Crippen molar-refractivity contribution < 1.29 is 14.3 Å². The van der Waals surface area contributed by atoms with Crippen molar-refractivity contribution in [3.05, 3.63) is 36.4 Å². The van der Waals surface area contributed by atoms with E-state index in [1.54, 1.807) is 29.2 Å². The van der Waals surface area contributed by atoms with Gasteiger partial charge in [-0.25, -0.2) is 0 Å². The van der Waals surface area contributed by atoms with Gasteiger partial charge in [0.15, 0.2) is 12.4 Å². The Morgan fingerprint density at radius 1 is 1.56 bits per heavy atom. The van der Waals surface area contributed by atoms with Crippen molar-refractivity contribution in [2.24, 2.45) is 0 Å². The van der Waals surface area contributed by atoms with Crippen molar-refractivity contribution in [2.45, 2.75) is 13.3 Å². The number of nitrogens with zero attached hydrogens (tertiary/aromatic N) is 1. The summed E-state index contributed by atoms with van der Waals surface area (Å²) in [4.78, 5) is 25.0. The number of fused-ring (bicyclic) bond motifs is 1. The quantitative estimate of drug-likeness (QED) is 0.603. The van der Waals surface area contributed by atoms with Crippen molar-refractivity contribution in [1.29, 1.82) is 0 Å². The molecule has 4 heteroatoms. The molecule has 0 aromatic heterocycles. The predicted octanol–water partition coefficient (Wildman–Crippen LogP) is 2.19. The first-order chi connectivity index (χ1) is 8.67. The third-order valence-corrected chi connectivity index (χ3v) is 2.86. The van der Waals surface area contributed by atoms with E-state index in [2.05, 4.69) is 6.58 Å². The van der Waals surface area contributed by atoms with Crippen LogP contribution >= 0.6 is 0 Å². The third-order valence-electron chi connectivity index (χ3n) is 2.86. The lowest BCUT2D eigenvalue weighted by atomic mass is 10.1. The van der Waals surface area contributed by atoms with Crippen molar-refractivity contribution in [3.8, 4) is 5.75 Å². The maximum atomic E-state index is 11.8. The summed E-state index contributed by atoms with van der Waals surface area (Å²) in [7, 11) is 0. The van der Waals surface area contributed by atoms with Crippen LogP contribution in [-0.4, -0.2) is 24.8 Å². The topological polar surface area (TPSA) is 46.6 Å². The first-order valence-corrected chi connectivity index (χ1v) is 5.88. The molecule has 0 N–H and O–H groups in total. The van der Waals surface area contributed by atoms with E-state index in [0.717, 1.165) is 0 Å². The normalized spacial score (nSPS) is 13.8. The number of carbonyl (C=O) groups is 2. The highest BCUT2D eigenvalue weighted by Crippen LogP contribution is 2.33. The minimum absolute atomic E-state index is 0.0297. The van der Waals surface area contributed by atoms with Crippen LogP contribution in [0.25, 0.3) is 0 Å². The fourth-order valence-electron chi connectivity index (χ4n) is 1.91. The molecule has 18 heavy (non-hydrogen) atoms. The first kappa shape index (κ1) is 12.4. The molecule has 1 aliphatic heterocycles. The van der Waals surface area contributed by atoms with Crippen LogP contribution in [0.4, 0.5) is 5.69 Å². The van der Waals surface area contributed by atoms with Crippen LogP contribution in [0, 0.1) is 0 Å². The summed E-state index contributed by atoms with van der Waals surface area (Å²) in [6, 6.07) is 5.18. The van der Waals surface area contributed by atoms with Crippen LogP contribution in [-0.2, 0) is 4.79 Å². The Balaban J connectivity index is 2.44. The van der Waals surface area contributed by atoms with Gasteiger partial charge < -0.3 is 9.64 Å². The Morgan fingerprint density at radius 3 is 3.00 bits per heavy atom. The Hall–Kier alpha value is -2.10. The highest BCUT2D eigenvalue weighted by atomic mass is 16.5. The summed E-state index contributed by atoms with van der Waals surface area (Å²) >= 11 is 0. The van der Waals surface area contributed by atoms with E-state index in [9.17, 15) is 9.59 Å². The zero-order valence-electron chi connectivity index (χ0n) is 10.3. The molecule has 1 heterocycles. The average molecular weight is 245 g/mol.